The number of ether oxygens (including phenoxy) is 3. The number of nitrogens with zero attached hydrogens (tertiary/aromatic N) is 15. The number of benzene rings is 6. The number of nitrogens with two attached hydrogens (primary N) is 3. The van der Waals surface area contributed by atoms with Gasteiger partial charge in [0.15, 0.2) is 11.5 Å². The maximum atomic E-state index is 15.4. The first-order valence-electron chi connectivity index (χ1n) is 39.0. The van der Waals surface area contributed by atoms with Gasteiger partial charge in [0.25, 0.3) is 0 Å². The van der Waals surface area contributed by atoms with Gasteiger partial charge in [-0.2, -0.15) is 10.2 Å². The predicted octanol–water partition coefficient (Wildman–Crippen LogP) is 14.5. The van der Waals surface area contributed by atoms with Crippen LogP contribution >= 0.6 is 0 Å². The number of rotatable bonds is 15. The second-order valence-electron chi connectivity index (χ2n) is 30.3. The van der Waals surface area contributed by atoms with Gasteiger partial charge in [-0.3, -0.25) is 14.7 Å². The lowest BCUT2D eigenvalue weighted by Crippen LogP contribution is -2.53. The van der Waals surface area contributed by atoms with Gasteiger partial charge in [0.05, 0.1) is 16.8 Å². The molecule has 564 valence electrons. The second kappa shape index (κ2) is 33.2. The smallest absolute Gasteiger partial charge is 0.164 e. The van der Waals surface area contributed by atoms with Gasteiger partial charge in [0.1, 0.15) is 99.3 Å². The molecule has 6 fully saturated rings. The number of halogens is 1. The number of hydrogen-bond acceptors (Lipinski definition) is 20. The minimum Gasteiger partial charge on any atom is -0.457 e. The van der Waals surface area contributed by atoms with Crippen molar-refractivity contribution in [2.75, 3.05) is 89.7 Å². The molecule has 23 nitrogen and oxygen atoms in total. The number of likely N-dealkylation sites (N-methyl/N-ethyl adjacent to an activating group) is 1. The normalized spacial score (nSPS) is 22.5. The Labute approximate surface area is 636 Å². The third-order valence-electron chi connectivity index (χ3n) is 23.1. The topological polar surface area (TPSA) is 260 Å². The van der Waals surface area contributed by atoms with E-state index in [1.165, 1.54) is 38.1 Å². The van der Waals surface area contributed by atoms with E-state index in [0.717, 1.165) is 190 Å². The van der Waals surface area contributed by atoms with Gasteiger partial charge in [-0.25, -0.2) is 43.5 Å². The molecule has 0 radical (unpaired) electrons. The summed E-state index contributed by atoms with van der Waals surface area (Å²) in [6.45, 7) is 15.9. The van der Waals surface area contributed by atoms with Crippen molar-refractivity contribution in [3.63, 3.8) is 0 Å². The van der Waals surface area contributed by atoms with E-state index in [2.05, 4.69) is 109 Å². The highest BCUT2D eigenvalue weighted by atomic mass is 19.1. The fourth-order valence-electron chi connectivity index (χ4n) is 17.3. The van der Waals surface area contributed by atoms with E-state index < -0.39 is 5.82 Å². The molecule has 109 heavy (non-hydrogen) atoms. The number of piperazine rings is 3. The average Bonchev–Trinajstić information content (AvgIpc) is 1.62. The van der Waals surface area contributed by atoms with E-state index in [0.29, 0.717) is 88.0 Å². The lowest BCUT2D eigenvalue weighted by Gasteiger charge is -2.41. The van der Waals surface area contributed by atoms with Crippen LogP contribution in [0.2, 0.25) is 0 Å². The van der Waals surface area contributed by atoms with Gasteiger partial charge in [0, 0.05) is 137 Å². The van der Waals surface area contributed by atoms with Gasteiger partial charge in [-0.05, 0) is 188 Å². The van der Waals surface area contributed by atoms with Crippen LogP contribution in [0, 0.1) is 5.82 Å². The van der Waals surface area contributed by atoms with Crippen molar-refractivity contribution in [1.29, 1.82) is 0 Å². The largest absolute Gasteiger partial charge is 0.457 e. The van der Waals surface area contributed by atoms with Crippen LogP contribution in [0.5, 0.6) is 34.5 Å². The first-order chi connectivity index (χ1) is 53.4. The number of nitrogens with one attached hydrogen (secondary N) is 2. The quantitative estimate of drug-likeness (QED) is 0.0639. The van der Waals surface area contributed by atoms with E-state index in [1.54, 1.807) is 29.3 Å². The monoisotopic (exact) mass is 1470 g/mol. The van der Waals surface area contributed by atoms with Gasteiger partial charge in [-0.1, -0.05) is 66.7 Å². The number of nitrogen functional groups attached to an aromatic ring is 3. The number of para-hydroxylation sites is 3. The zero-order valence-electron chi connectivity index (χ0n) is 62.5. The molecular weight excluding hydrogens is 1370 g/mol. The number of anilines is 3. The SMILES string of the molecule is CN1CCN(C2CCC(c3nc(-c4ccc(Oc5ccccc5)cc4F)c4c(N)ncnn34)CC2)CC1.C[C@H]1CN(C2CCC(n3cc(-c4ccc(Oc5ccccc5)cc4)c4c(N)ncnc43)CC2)CCN1.C[C@H]1CN(C2CCC(n3nc(-c4ccc(Oc5ccccc5)cc4)c4c(N)ncnc43)CC2)CCN1. The van der Waals surface area contributed by atoms with Crippen molar-refractivity contribution in [2.24, 2.45) is 0 Å². The number of fused-ring (bicyclic) bond motifs is 3. The lowest BCUT2D eigenvalue weighted by atomic mass is 9.84. The van der Waals surface area contributed by atoms with Crippen LogP contribution in [-0.2, 0) is 0 Å². The maximum Gasteiger partial charge on any atom is 0.164 e. The summed E-state index contributed by atoms with van der Waals surface area (Å²) >= 11 is 0. The standard InChI is InChI=1S/C29H34N6O.C28H32FN7O.C28H33N7O/c1-20-17-34(16-15-31-20)22-9-11-23(12-10-22)35-18-26(27-28(30)32-19-33-29(27)35)21-7-13-25(14-8-21)36-24-5-3-2-4-6-24;1-34-13-15-35(16-14-34)20-9-7-19(8-10-20)28-33-25(26-27(30)31-18-32-36(26)28)23-12-11-22(17-24(23)29)37-21-5-3-2-4-6-21;1-19-17-34(16-15-30-19)21-9-11-22(12-10-21)35-28-25(27(29)31-18-32-28)26(33-35)20-7-13-24(14-8-20)36-23-5-3-2-4-6-23/h2-8,13-14,18-20,22-23,31H,9-12,15-17H2,1H3,(H2,30,32,33);2-6,11-12,17-20H,7-10,13-16H2,1H3,(H2,30,31,32);2-8,13-14,18-19,21-22,30H,9-12,15-17H2,1H3,(H2,29,31,32)/t20-,22?,23?;;19-,21?,22?/m0.0/s1. The molecule has 6 aliphatic rings. The number of aromatic nitrogens is 11. The van der Waals surface area contributed by atoms with Crippen molar-refractivity contribution in [2.45, 2.75) is 139 Å². The molecule has 9 heterocycles. The highest BCUT2D eigenvalue weighted by Crippen LogP contribution is 2.44. The average molecular weight is 1470 g/mol. The molecule has 0 bridgehead atoms. The summed E-state index contributed by atoms with van der Waals surface area (Å²) < 4.78 is 39.4. The van der Waals surface area contributed by atoms with Gasteiger partial charge in [0.2, 0.25) is 0 Å². The summed E-state index contributed by atoms with van der Waals surface area (Å²) in [6, 6.07) is 53.8. The van der Waals surface area contributed by atoms with Crippen LogP contribution in [0.25, 0.3) is 61.2 Å². The molecule has 8 N–H and O–H groups in total. The molecule has 2 atom stereocenters. The molecule has 3 aliphatic carbocycles. The second-order valence-corrected chi connectivity index (χ2v) is 30.3. The molecule has 0 unspecified atom stereocenters. The van der Waals surface area contributed by atoms with E-state index >= 15 is 4.39 Å². The molecular formula is C85H99FN20O3. The third-order valence-corrected chi connectivity index (χ3v) is 23.1. The Morgan fingerprint density at radius 2 is 0.917 bits per heavy atom. The molecule has 0 spiro atoms. The first-order valence-corrected chi connectivity index (χ1v) is 39.0. The van der Waals surface area contributed by atoms with Crippen molar-refractivity contribution >= 4 is 45.0 Å². The van der Waals surface area contributed by atoms with Crippen LogP contribution in [0.1, 0.15) is 115 Å². The van der Waals surface area contributed by atoms with Gasteiger partial charge >= 0.3 is 0 Å². The summed E-state index contributed by atoms with van der Waals surface area (Å²) in [5.74, 6) is 6.21. The van der Waals surface area contributed by atoms with E-state index in [-0.39, 0.29) is 5.92 Å². The fraction of sp³-hybridized carbons (Fsp3) is 0.388. The Morgan fingerprint density at radius 1 is 0.440 bits per heavy atom. The molecule has 0 amide bonds. The summed E-state index contributed by atoms with van der Waals surface area (Å²) in [6.07, 6.45) is 20.4. The molecule has 24 heteroatoms. The minimum atomic E-state index is -0.429. The molecule has 3 aliphatic heterocycles. The summed E-state index contributed by atoms with van der Waals surface area (Å²) in [4.78, 5) is 37.4. The zero-order valence-corrected chi connectivity index (χ0v) is 62.5. The summed E-state index contributed by atoms with van der Waals surface area (Å²) in [5.41, 5.74) is 26.1. The van der Waals surface area contributed by atoms with Crippen molar-refractivity contribution in [3.05, 3.63) is 195 Å². The zero-order chi connectivity index (χ0) is 74.3. The van der Waals surface area contributed by atoms with Crippen LogP contribution in [0.3, 0.4) is 0 Å². The summed E-state index contributed by atoms with van der Waals surface area (Å²) in [7, 11) is 2.19. The van der Waals surface area contributed by atoms with E-state index in [4.69, 9.17) is 41.5 Å². The lowest BCUT2D eigenvalue weighted by molar-refractivity contribution is 0.0872. The van der Waals surface area contributed by atoms with Crippen LogP contribution in [0.4, 0.5) is 21.8 Å². The molecule has 12 aromatic rings. The molecule has 6 aromatic carbocycles. The van der Waals surface area contributed by atoms with E-state index in [9.17, 15) is 0 Å². The Morgan fingerprint density at radius 3 is 1.48 bits per heavy atom. The molecule has 3 saturated carbocycles. The maximum absolute atomic E-state index is 15.4. The molecule has 18 rings (SSSR count). The van der Waals surface area contributed by atoms with Crippen LogP contribution in [-0.4, -0.2) is 176 Å². The number of hydrogen-bond donors (Lipinski definition) is 5. The van der Waals surface area contributed by atoms with Crippen molar-refractivity contribution in [3.8, 4) is 68.1 Å². The minimum absolute atomic E-state index is 0.239. The number of imidazole rings is 1. The van der Waals surface area contributed by atoms with E-state index in [1.807, 2.05) is 127 Å². The molecule has 3 saturated heterocycles. The van der Waals surface area contributed by atoms with Gasteiger partial charge < -0.3 is 51.5 Å². The van der Waals surface area contributed by atoms with Crippen LogP contribution < -0.4 is 42.0 Å². The Bertz CT molecular complexity index is 4790. The highest BCUT2D eigenvalue weighted by Gasteiger charge is 2.35. The Balaban J connectivity index is 0.000000124. The van der Waals surface area contributed by atoms with Gasteiger partial charge in [-0.15, -0.1) is 0 Å². The van der Waals surface area contributed by atoms with Crippen LogP contribution in [0.15, 0.2) is 183 Å². The van der Waals surface area contributed by atoms with Crippen molar-refractivity contribution < 1.29 is 18.6 Å². The summed E-state index contributed by atoms with van der Waals surface area (Å²) in [5, 5.41) is 18.4. The fourth-order valence-corrected chi connectivity index (χ4v) is 17.3. The predicted molar refractivity (Wildman–Crippen MR) is 427 cm³/mol. The Kier molecular flexibility index (Phi) is 22.1. The first kappa shape index (κ1) is 72.7. The highest BCUT2D eigenvalue weighted by molar-refractivity contribution is 6.01. The van der Waals surface area contributed by atoms with Crippen molar-refractivity contribution in [1.82, 2.24) is 84.1 Å². The third kappa shape index (κ3) is 16.5. The Hall–Kier alpha value is -10.5. The molecule has 6 aromatic heterocycles.